The molecule has 3 unspecified atom stereocenters. The highest BCUT2D eigenvalue weighted by Crippen LogP contribution is 2.30. The van der Waals surface area contributed by atoms with Crippen molar-refractivity contribution in [1.82, 2.24) is 4.90 Å². The smallest absolute Gasteiger partial charge is 0.239 e. The summed E-state index contributed by atoms with van der Waals surface area (Å²) in [4.78, 5) is 13.5. The van der Waals surface area contributed by atoms with Crippen LogP contribution in [-0.2, 0) is 4.79 Å². The summed E-state index contributed by atoms with van der Waals surface area (Å²) in [7, 11) is 0. The van der Waals surface area contributed by atoms with Gasteiger partial charge in [0.2, 0.25) is 5.91 Å². The molecule has 3 atom stereocenters. The lowest BCUT2D eigenvalue weighted by molar-refractivity contribution is -0.124. The average molecular weight is 329 g/mol. The van der Waals surface area contributed by atoms with Crippen LogP contribution >= 0.6 is 15.9 Å². The van der Waals surface area contributed by atoms with Crippen LogP contribution in [0.25, 0.3) is 0 Å². The number of aliphatic hydroxyl groups excluding tert-OH is 2. The van der Waals surface area contributed by atoms with E-state index in [1.54, 1.807) is 4.90 Å². The van der Waals surface area contributed by atoms with E-state index in [0.717, 1.165) is 10.0 Å². The van der Waals surface area contributed by atoms with Crippen LogP contribution in [0.5, 0.6) is 0 Å². The van der Waals surface area contributed by atoms with Gasteiger partial charge in [0.25, 0.3) is 0 Å². The Bertz CT molecular complexity index is 452. The van der Waals surface area contributed by atoms with Crippen molar-refractivity contribution in [3.8, 4) is 0 Å². The number of aliphatic hydroxyl groups is 2. The monoisotopic (exact) mass is 328 g/mol. The fraction of sp³-hybridized carbons (Fsp3) is 0.462. The van der Waals surface area contributed by atoms with E-state index in [1.165, 1.54) is 0 Å². The molecule has 1 aromatic carbocycles. The van der Waals surface area contributed by atoms with E-state index >= 15 is 0 Å². The van der Waals surface area contributed by atoms with Crippen LogP contribution < -0.4 is 5.73 Å². The first-order valence-electron chi connectivity index (χ1n) is 6.12. The number of β-amino-alcohol motifs (C(OH)–C–C–N with tert-alkyl or cyclic N) is 1. The summed E-state index contributed by atoms with van der Waals surface area (Å²) in [5, 5.41) is 19.1. The highest BCUT2D eigenvalue weighted by molar-refractivity contribution is 9.10. The summed E-state index contributed by atoms with van der Waals surface area (Å²) in [6.45, 7) is 0.242. The summed E-state index contributed by atoms with van der Waals surface area (Å²) in [6, 6.07) is 6.45. The number of carbonyl (C=O) groups excluding carboxylic acids is 1. The molecule has 0 radical (unpaired) electrons. The Balaban J connectivity index is 2.30. The molecular formula is C13H17BrN2O3. The molecule has 4 N–H and O–H groups in total. The summed E-state index contributed by atoms with van der Waals surface area (Å²) in [5.74, 6) is -0.477. The maximum atomic E-state index is 11.7. The quantitative estimate of drug-likeness (QED) is 0.746. The third-order valence-electron chi connectivity index (χ3n) is 3.43. The van der Waals surface area contributed by atoms with E-state index in [9.17, 15) is 15.0 Å². The Labute approximate surface area is 120 Å². The van der Waals surface area contributed by atoms with E-state index in [-0.39, 0.29) is 12.6 Å². The van der Waals surface area contributed by atoms with Crippen LogP contribution in [-0.4, -0.2) is 46.3 Å². The van der Waals surface area contributed by atoms with Crippen LogP contribution in [0.1, 0.15) is 18.0 Å². The zero-order valence-electron chi connectivity index (χ0n) is 10.4. The van der Waals surface area contributed by atoms with Gasteiger partial charge in [-0.05, 0) is 24.1 Å². The number of hydrogen-bond acceptors (Lipinski definition) is 4. The van der Waals surface area contributed by atoms with Gasteiger partial charge in [-0.15, -0.1) is 0 Å². The molecule has 6 heteroatoms. The Morgan fingerprint density at radius 3 is 2.63 bits per heavy atom. The molecule has 2 rings (SSSR count). The van der Waals surface area contributed by atoms with Crippen molar-refractivity contribution in [3.63, 3.8) is 0 Å². The molecule has 1 aliphatic rings. The number of rotatable bonds is 4. The number of benzene rings is 1. The number of primary amides is 1. The number of nitrogens with two attached hydrogens (primary N) is 1. The zero-order chi connectivity index (χ0) is 14.0. The lowest BCUT2D eigenvalue weighted by Crippen LogP contribution is -2.42. The predicted octanol–water partition coefficient (Wildman–Crippen LogP) is 0.403. The van der Waals surface area contributed by atoms with Crippen LogP contribution in [0.4, 0.5) is 0 Å². The van der Waals surface area contributed by atoms with Crippen LogP contribution in [0.3, 0.4) is 0 Å². The normalized spacial score (nSPS) is 25.4. The predicted molar refractivity (Wildman–Crippen MR) is 74.3 cm³/mol. The topological polar surface area (TPSA) is 86.8 Å². The third kappa shape index (κ3) is 3.14. The second kappa shape index (κ2) is 6.00. The molecule has 1 aliphatic heterocycles. The third-order valence-corrected chi connectivity index (χ3v) is 3.96. The van der Waals surface area contributed by atoms with Gasteiger partial charge in [0, 0.05) is 17.1 Å². The van der Waals surface area contributed by atoms with Crippen LogP contribution in [0, 0.1) is 0 Å². The molecule has 0 saturated carbocycles. The van der Waals surface area contributed by atoms with Gasteiger partial charge in [-0.25, -0.2) is 0 Å². The van der Waals surface area contributed by atoms with E-state index < -0.39 is 18.1 Å². The SMILES string of the molecule is NC(=O)C(c1ccc(Br)cc1)N1CC(O)CC1CO. The Kier molecular flexibility index (Phi) is 4.57. The molecule has 0 bridgehead atoms. The number of amides is 1. The average Bonchev–Trinajstić information content (AvgIpc) is 2.72. The van der Waals surface area contributed by atoms with Crippen LogP contribution in [0.15, 0.2) is 28.7 Å². The standard InChI is InChI=1S/C13H17BrN2O3/c14-9-3-1-8(2-4-9)12(13(15)19)16-6-11(18)5-10(16)7-17/h1-4,10-12,17-18H,5-7H2,(H2,15,19). The number of carbonyl (C=O) groups is 1. The van der Waals surface area contributed by atoms with Crippen LogP contribution in [0.2, 0.25) is 0 Å². The number of halogens is 1. The van der Waals surface area contributed by atoms with Crippen molar-refractivity contribution in [2.45, 2.75) is 24.6 Å². The molecule has 0 aliphatic carbocycles. The maximum Gasteiger partial charge on any atom is 0.239 e. The first-order chi connectivity index (χ1) is 9.02. The lowest BCUT2D eigenvalue weighted by atomic mass is 10.0. The molecule has 104 valence electrons. The van der Waals surface area contributed by atoms with Gasteiger partial charge in [-0.3, -0.25) is 9.69 Å². The van der Waals surface area contributed by atoms with E-state index in [4.69, 9.17) is 5.73 Å². The van der Waals surface area contributed by atoms with Crippen molar-refractivity contribution in [2.75, 3.05) is 13.2 Å². The largest absolute Gasteiger partial charge is 0.395 e. The van der Waals surface area contributed by atoms with Crippen molar-refractivity contribution >= 4 is 21.8 Å². The van der Waals surface area contributed by atoms with Gasteiger partial charge >= 0.3 is 0 Å². The lowest BCUT2D eigenvalue weighted by Gasteiger charge is -2.30. The molecule has 0 spiro atoms. The fourth-order valence-electron chi connectivity index (χ4n) is 2.58. The number of hydrogen-bond donors (Lipinski definition) is 3. The Hall–Kier alpha value is -0.950. The van der Waals surface area contributed by atoms with Gasteiger partial charge in [-0.1, -0.05) is 28.1 Å². The van der Waals surface area contributed by atoms with Crippen molar-refractivity contribution in [3.05, 3.63) is 34.3 Å². The van der Waals surface area contributed by atoms with Crippen molar-refractivity contribution < 1.29 is 15.0 Å². The van der Waals surface area contributed by atoms with Gasteiger partial charge in [0.05, 0.1) is 12.7 Å². The molecule has 1 aromatic rings. The first-order valence-corrected chi connectivity index (χ1v) is 6.91. The van der Waals surface area contributed by atoms with Gasteiger partial charge in [0.15, 0.2) is 0 Å². The second-order valence-corrected chi connectivity index (χ2v) is 5.69. The molecule has 19 heavy (non-hydrogen) atoms. The number of nitrogens with zero attached hydrogens (tertiary/aromatic N) is 1. The van der Waals surface area contributed by atoms with E-state index in [0.29, 0.717) is 13.0 Å². The first kappa shape index (κ1) is 14.5. The Morgan fingerprint density at radius 1 is 1.47 bits per heavy atom. The van der Waals surface area contributed by atoms with Crippen molar-refractivity contribution in [1.29, 1.82) is 0 Å². The molecule has 5 nitrogen and oxygen atoms in total. The maximum absolute atomic E-state index is 11.7. The zero-order valence-corrected chi connectivity index (χ0v) is 12.0. The minimum absolute atomic E-state index is 0.0998. The molecule has 1 fully saturated rings. The van der Waals surface area contributed by atoms with Gasteiger partial charge in [-0.2, -0.15) is 0 Å². The van der Waals surface area contributed by atoms with Gasteiger partial charge < -0.3 is 15.9 Å². The molecule has 0 aromatic heterocycles. The molecular weight excluding hydrogens is 312 g/mol. The minimum Gasteiger partial charge on any atom is -0.395 e. The summed E-state index contributed by atoms with van der Waals surface area (Å²) >= 11 is 3.34. The summed E-state index contributed by atoms with van der Waals surface area (Å²) in [6.07, 6.45) is -0.0778. The van der Waals surface area contributed by atoms with E-state index in [2.05, 4.69) is 15.9 Å². The fourth-order valence-corrected chi connectivity index (χ4v) is 2.84. The van der Waals surface area contributed by atoms with E-state index in [1.807, 2.05) is 24.3 Å². The molecule has 1 saturated heterocycles. The summed E-state index contributed by atoms with van der Waals surface area (Å²) < 4.78 is 0.916. The molecule has 1 amide bonds. The summed E-state index contributed by atoms with van der Waals surface area (Å²) in [5.41, 5.74) is 6.26. The highest BCUT2D eigenvalue weighted by atomic mass is 79.9. The van der Waals surface area contributed by atoms with Gasteiger partial charge in [0.1, 0.15) is 6.04 Å². The Morgan fingerprint density at radius 2 is 2.11 bits per heavy atom. The van der Waals surface area contributed by atoms with Crippen molar-refractivity contribution in [2.24, 2.45) is 5.73 Å². The minimum atomic E-state index is -0.623. The second-order valence-electron chi connectivity index (χ2n) is 4.78. The number of likely N-dealkylation sites (tertiary alicyclic amines) is 1. The molecule has 1 heterocycles. The highest BCUT2D eigenvalue weighted by Gasteiger charge is 2.38.